The third kappa shape index (κ3) is 3.05. The van der Waals surface area contributed by atoms with E-state index in [0.29, 0.717) is 25.9 Å². The molecular weight excluding hydrogens is 279 g/mol. The van der Waals surface area contributed by atoms with E-state index in [1.807, 2.05) is 4.90 Å². The molecule has 1 aromatic rings. The van der Waals surface area contributed by atoms with Gasteiger partial charge < -0.3 is 14.7 Å². The van der Waals surface area contributed by atoms with Crippen LogP contribution in [0.1, 0.15) is 28.0 Å². The average molecular weight is 291 g/mol. The van der Waals surface area contributed by atoms with Gasteiger partial charge >= 0.3 is 12.1 Å². The van der Waals surface area contributed by atoms with Gasteiger partial charge in [-0.3, -0.25) is 0 Å². The van der Waals surface area contributed by atoms with E-state index in [4.69, 9.17) is 9.84 Å². The Morgan fingerprint density at radius 2 is 2.25 bits per heavy atom. The van der Waals surface area contributed by atoms with Crippen molar-refractivity contribution in [3.8, 4) is 0 Å². The van der Waals surface area contributed by atoms with Crippen LogP contribution in [-0.2, 0) is 10.9 Å². The highest BCUT2D eigenvalue weighted by atomic mass is 19.4. The monoisotopic (exact) mass is 291 g/mol. The van der Waals surface area contributed by atoms with Gasteiger partial charge in [-0.2, -0.15) is 13.2 Å². The first-order valence-corrected chi connectivity index (χ1v) is 5.76. The lowest BCUT2D eigenvalue weighted by molar-refractivity contribution is -0.142. The second-order valence-corrected chi connectivity index (χ2v) is 4.42. The van der Waals surface area contributed by atoms with Gasteiger partial charge in [0, 0.05) is 19.3 Å². The van der Waals surface area contributed by atoms with Crippen molar-refractivity contribution >= 4 is 5.97 Å². The number of carbonyl (C=O) groups is 1. The van der Waals surface area contributed by atoms with Gasteiger partial charge in [-0.1, -0.05) is 0 Å². The van der Waals surface area contributed by atoms with E-state index >= 15 is 0 Å². The molecule has 0 amide bonds. The van der Waals surface area contributed by atoms with Crippen molar-refractivity contribution < 1.29 is 27.8 Å². The lowest BCUT2D eigenvalue weighted by atomic mass is 10.2. The highest BCUT2D eigenvalue weighted by Crippen LogP contribution is 2.31. The Labute approximate surface area is 112 Å². The third-order valence-electron chi connectivity index (χ3n) is 2.86. The zero-order valence-electron chi connectivity index (χ0n) is 10.5. The molecule has 20 heavy (non-hydrogen) atoms. The van der Waals surface area contributed by atoms with Crippen molar-refractivity contribution in [2.45, 2.75) is 12.3 Å². The molecule has 1 unspecified atom stereocenters. The minimum atomic E-state index is -4.86. The molecular formula is C11H12F3N3O3. The molecule has 1 N–H and O–H groups in total. The number of ether oxygens (including phenoxy) is 1. The predicted molar refractivity (Wildman–Crippen MR) is 60.2 cm³/mol. The highest BCUT2D eigenvalue weighted by molar-refractivity contribution is 5.88. The normalized spacial score (nSPS) is 20.9. The maximum absolute atomic E-state index is 12.8. The number of alkyl halides is 3. The Balaban J connectivity index is 2.39. The molecule has 0 aromatic carbocycles. The predicted octanol–water partition coefficient (Wildman–Crippen LogP) is 1.20. The molecule has 9 heteroatoms. The summed E-state index contributed by atoms with van der Waals surface area (Å²) in [5, 5.41) is 8.75. The minimum absolute atomic E-state index is 0.158. The van der Waals surface area contributed by atoms with E-state index in [9.17, 15) is 18.0 Å². The average Bonchev–Trinajstić information content (AvgIpc) is 2.37. The Morgan fingerprint density at radius 3 is 2.80 bits per heavy atom. The molecule has 0 saturated carbocycles. The summed E-state index contributed by atoms with van der Waals surface area (Å²) < 4.78 is 43.8. The van der Waals surface area contributed by atoms with Crippen molar-refractivity contribution in [1.82, 2.24) is 14.9 Å². The van der Waals surface area contributed by atoms with Crippen LogP contribution in [0.15, 0.2) is 6.20 Å². The van der Waals surface area contributed by atoms with Gasteiger partial charge in [0.2, 0.25) is 0 Å². The number of hydrogen-bond donors (Lipinski definition) is 1. The summed E-state index contributed by atoms with van der Waals surface area (Å²) in [7, 11) is 1.80. The largest absolute Gasteiger partial charge is 0.478 e. The minimum Gasteiger partial charge on any atom is -0.478 e. The molecule has 2 heterocycles. The molecule has 2 rings (SSSR count). The van der Waals surface area contributed by atoms with Gasteiger partial charge in [-0.05, 0) is 7.05 Å². The third-order valence-corrected chi connectivity index (χ3v) is 2.86. The SMILES string of the molecule is CN1CCOC(c2ncc(C(=O)O)c(C(F)(F)F)n2)C1. The second kappa shape index (κ2) is 5.33. The smallest absolute Gasteiger partial charge is 0.434 e. The fourth-order valence-corrected chi connectivity index (χ4v) is 1.86. The van der Waals surface area contributed by atoms with Gasteiger partial charge in [-0.25, -0.2) is 14.8 Å². The molecule has 0 aliphatic carbocycles. The summed E-state index contributed by atoms with van der Waals surface area (Å²) in [6.07, 6.45) is -4.88. The van der Waals surface area contributed by atoms with Crippen LogP contribution in [0.25, 0.3) is 0 Å². The van der Waals surface area contributed by atoms with Crippen LogP contribution < -0.4 is 0 Å². The lowest BCUT2D eigenvalue weighted by Gasteiger charge is -2.29. The highest BCUT2D eigenvalue weighted by Gasteiger charge is 2.39. The van der Waals surface area contributed by atoms with Crippen molar-refractivity contribution in [3.63, 3.8) is 0 Å². The molecule has 1 aromatic heterocycles. The van der Waals surface area contributed by atoms with Crippen LogP contribution >= 0.6 is 0 Å². The van der Waals surface area contributed by atoms with Gasteiger partial charge in [0.15, 0.2) is 11.5 Å². The summed E-state index contributed by atoms with van der Waals surface area (Å²) in [6, 6.07) is 0. The van der Waals surface area contributed by atoms with Crippen LogP contribution in [0.5, 0.6) is 0 Å². The van der Waals surface area contributed by atoms with E-state index in [1.165, 1.54) is 0 Å². The summed E-state index contributed by atoms with van der Waals surface area (Å²) in [5.74, 6) is -1.88. The Hall–Kier alpha value is -1.74. The molecule has 0 spiro atoms. The maximum atomic E-state index is 12.8. The first-order valence-electron chi connectivity index (χ1n) is 5.76. The maximum Gasteiger partial charge on any atom is 0.434 e. The zero-order chi connectivity index (χ0) is 14.9. The van der Waals surface area contributed by atoms with Crippen molar-refractivity contribution in [3.05, 3.63) is 23.3 Å². The van der Waals surface area contributed by atoms with E-state index in [1.54, 1.807) is 7.05 Å². The molecule has 1 atom stereocenters. The number of morpholine rings is 1. The van der Waals surface area contributed by atoms with Crippen molar-refractivity contribution in [2.24, 2.45) is 0 Å². The van der Waals surface area contributed by atoms with Gasteiger partial charge in [0.1, 0.15) is 11.7 Å². The van der Waals surface area contributed by atoms with Gasteiger partial charge in [0.05, 0.1) is 6.61 Å². The molecule has 110 valence electrons. The summed E-state index contributed by atoms with van der Waals surface area (Å²) >= 11 is 0. The number of hydrogen-bond acceptors (Lipinski definition) is 5. The van der Waals surface area contributed by atoms with Gasteiger partial charge in [0.25, 0.3) is 0 Å². The van der Waals surface area contributed by atoms with Crippen LogP contribution in [0, 0.1) is 0 Å². The summed E-state index contributed by atoms with van der Waals surface area (Å²) in [6.45, 7) is 1.37. The summed E-state index contributed by atoms with van der Waals surface area (Å²) in [4.78, 5) is 19.7. The first-order chi connectivity index (χ1) is 9.29. The van der Waals surface area contributed by atoms with Crippen LogP contribution in [0.4, 0.5) is 13.2 Å². The molecule has 1 fully saturated rings. The van der Waals surface area contributed by atoms with Crippen molar-refractivity contribution in [1.29, 1.82) is 0 Å². The van der Waals surface area contributed by atoms with Crippen molar-refractivity contribution in [2.75, 3.05) is 26.7 Å². The lowest BCUT2D eigenvalue weighted by Crippen LogP contribution is -2.36. The van der Waals surface area contributed by atoms with Crippen LogP contribution in [0.2, 0.25) is 0 Å². The number of aromatic carboxylic acids is 1. The fraction of sp³-hybridized carbons (Fsp3) is 0.545. The molecule has 6 nitrogen and oxygen atoms in total. The number of likely N-dealkylation sites (N-methyl/N-ethyl adjacent to an activating group) is 1. The topological polar surface area (TPSA) is 75.5 Å². The standard InChI is InChI=1S/C11H12F3N3O3/c1-17-2-3-20-7(5-17)9-15-4-6(10(18)19)8(16-9)11(12,13)14/h4,7H,2-3,5H2,1H3,(H,18,19). The zero-order valence-corrected chi connectivity index (χ0v) is 10.5. The molecule has 0 bridgehead atoms. The van der Waals surface area contributed by atoms with E-state index < -0.39 is 29.5 Å². The molecule has 1 aliphatic heterocycles. The quantitative estimate of drug-likeness (QED) is 0.882. The number of rotatable bonds is 2. The Kier molecular flexibility index (Phi) is 3.91. The number of nitrogens with zero attached hydrogens (tertiary/aromatic N) is 3. The van der Waals surface area contributed by atoms with E-state index in [0.717, 1.165) is 0 Å². The second-order valence-electron chi connectivity index (χ2n) is 4.42. The van der Waals surface area contributed by atoms with Gasteiger partial charge in [-0.15, -0.1) is 0 Å². The van der Waals surface area contributed by atoms with Crippen LogP contribution in [-0.4, -0.2) is 52.7 Å². The summed E-state index contributed by atoms with van der Waals surface area (Å²) in [5.41, 5.74) is -2.42. The Bertz CT molecular complexity index is 521. The number of carboxylic acids is 1. The first kappa shape index (κ1) is 14.7. The van der Waals surface area contributed by atoms with E-state index in [-0.39, 0.29) is 5.82 Å². The number of carboxylic acid groups (broad SMARTS) is 1. The molecule has 1 saturated heterocycles. The molecule has 1 aliphatic rings. The van der Waals surface area contributed by atoms with Crippen LogP contribution in [0.3, 0.4) is 0 Å². The number of halogens is 3. The van der Waals surface area contributed by atoms with E-state index in [2.05, 4.69) is 9.97 Å². The Morgan fingerprint density at radius 1 is 1.55 bits per heavy atom. The molecule has 0 radical (unpaired) electrons. The number of aromatic nitrogens is 2. The fourth-order valence-electron chi connectivity index (χ4n) is 1.86.